The first kappa shape index (κ1) is 17.0. The van der Waals surface area contributed by atoms with Gasteiger partial charge in [0.1, 0.15) is 17.5 Å². The van der Waals surface area contributed by atoms with Crippen LogP contribution < -0.4 is 4.74 Å². The molecule has 2 heterocycles. The first-order valence-corrected chi connectivity index (χ1v) is 8.76. The minimum atomic E-state index is -0.815. The van der Waals surface area contributed by atoms with Gasteiger partial charge in [0.25, 0.3) is 0 Å². The van der Waals surface area contributed by atoms with Gasteiger partial charge in [-0.2, -0.15) is 0 Å². The molecule has 0 aliphatic carbocycles. The highest BCUT2D eigenvalue weighted by Gasteiger charge is 2.22. The van der Waals surface area contributed by atoms with Crippen molar-refractivity contribution in [3.8, 4) is 5.75 Å². The van der Waals surface area contributed by atoms with Crippen molar-refractivity contribution in [2.75, 3.05) is 0 Å². The molecule has 0 spiro atoms. The lowest BCUT2D eigenvalue weighted by Crippen LogP contribution is -2.11. The Kier molecular flexibility index (Phi) is 4.65. The second kappa shape index (κ2) is 6.57. The van der Waals surface area contributed by atoms with Crippen LogP contribution >= 0.6 is 15.9 Å². The van der Waals surface area contributed by atoms with Crippen LogP contribution in [0, 0.1) is 13.8 Å². The first-order valence-electron chi connectivity index (χ1n) is 7.97. The number of rotatable bonds is 4. The van der Waals surface area contributed by atoms with Crippen LogP contribution in [-0.4, -0.2) is 20.6 Å². The Balaban J connectivity index is 2.14. The summed E-state index contributed by atoms with van der Waals surface area (Å²) >= 11 is 3.56. The highest BCUT2D eigenvalue weighted by atomic mass is 79.9. The van der Waals surface area contributed by atoms with Crippen molar-refractivity contribution in [1.29, 1.82) is 0 Å². The van der Waals surface area contributed by atoms with Crippen molar-refractivity contribution in [1.82, 2.24) is 9.38 Å². The zero-order valence-corrected chi connectivity index (χ0v) is 15.8. The number of hydrogen-bond acceptors (Lipinski definition) is 3. The third-order valence-electron chi connectivity index (χ3n) is 3.96. The molecule has 0 saturated carbocycles. The van der Waals surface area contributed by atoms with Crippen LogP contribution in [0.2, 0.25) is 0 Å². The van der Waals surface area contributed by atoms with Gasteiger partial charge in [-0.15, -0.1) is 0 Å². The van der Waals surface area contributed by atoms with Crippen LogP contribution in [-0.2, 0) is 0 Å². The highest BCUT2D eigenvalue weighted by molar-refractivity contribution is 9.10. The lowest BCUT2D eigenvalue weighted by Gasteiger charge is -2.18. The molecule has 0 aliphatic heterocycles. The SMILES string of the molecule is Cc1cc2nc(C)c([C@H](O)c3ccccc3OC(C)C)n2cc1Br. The van der Waals surface area contributed by atoms with Gasteiger partial charge in [0.15, 0.2) is 0 Å². The number of ether oxygens (including phenoxy) is 1. The van der Waals surface area contributed by atoms with Crippen molar-refractivity contribution in [3.05, 3.63) is 63.5 Å². The third kappa shape index (κ3) is 3.06. The van der Waals surface area contributed by atoms with Gasteiger partial charge in [0.05, 0.1) is 17.5 Å². The van der Waals surface area contributed by atoms with Gasteiger partial charge in [0, 0.05) is 16.2 Å². The van der Waals surface area contributed by atoms with Gasteiger partial charge in [-0.3, -0.25) is 4.40 Å². The Morgan fingerprint density at radius 2 is 1.92 bits per heavy atom. The van der Waals surface area contributed by atoms with Crippen molar-refractivity contribution in [3.63, 3.8) is 0 Å². The molecule has 0 amide bonds. The smallest absolute Gasteiger partial charge is 0.137 e. The predicted molar refractivity (Wildman–Crippen MR) is 98.6 cm³/mol. The van der Waals surface area contributed by atoms with Gasteiger partial charge in [-0.25, -0.2) is 4.98 Å². The molecule has 1 aromatic carbocycles. The van der Waals surface area contributed by atoms with E-state index < -0.39 is 6.10 Å². The second-order valence-electron chi connectivity index (χ2n) is 6.22. The van der Waals surface area contributed by atoms with Gasteiger partial charge in [0.2, 0.25) is 0 Å². The number of aryl methyl sites for hydroxylation is 2. The fourth-order valence-electron chi connectivity index (χ4n) is 2.84. The lowest BCUT2D eigenvalue weighted by atomic mass is 10.0. The molecule has 5 heteroatoms. The maximum absolute atomic E-state index is 11.1. The molecule has 0 fully saturated rings. The maximum Gasteiger partial charge on any atom is 0.137 e. The Morgan fingerprint density at radius 1 is 1.21 bits per heavy atom. The molecule has 3 aromatic rings. The van der Waals surface area contributed by atoms with Crippen LogP contribution in [0.1, 0.15) is 42.5 Å². The number of aliphatic hydroxyl groups is 1. The molecular formula is C19H21BrN2O2. The quantitative estimate of drug-likeness (QED) is 0.711. The largest absolute Gasteiger partial charge is 0.491 e. The number of halogens is 1. The molecule has 0 unspecified atom stereocenters. The Morgan fingerprint density at radius 3 is 2.62 bits per heavy atom. The van der Waals surface area contributed by atoms with Crippen molar-refractivity contribution in [2.45, 2.75) is 39.9 Å². The number of aromatic nitrogens is 2. The summed E-state index contributed by atoms with van der Waals surface area (Å²) in [5.41, 5.74) is 4.24. The number of imidazole rings is 1. The summed E-state index contributed by atoms with van der Waals surface area (Å²) in [4.78, 5) is 4.59. The molecule has 0 aliphatic rings. The van der Waals surface area contributed by atoms with E-state index in [1.807, 2.05) is 68.6 Å². The molecule has 2 aromatic heterocycles. The monoisotopic (exact) mass is 388 g/mol. The molecule has 24 heavy (non-hydrogen) atoms. The van der Waals surface area contributed by atoms with Gasteiger partial charge in [-0.05, 0) is 61.3 Å². The van der Waals surface area contributed by atoms with Gasteiger partial charge >= 0.3 is 0 Å². The summed E-state index contributed by atoms with van der Waals surface area (Å²) < 4.78 is 8.77. The van der Waals surface area contributed by atoms with Crippen LogP contribution in [0.25, 0.3) is 5.65 Å². The van der Waals surface area contributed by atoms with E-state index in [-0.39, 0.29) is 6.10 Å². The molecule has 4 nitrogen and oxygen atoms in total. The van der Waals surface area contributed by atoms with E-state index in [0.29, 0.717) is 5.75 Å². The van der Waals surface area contributed by atoms with Gasteiger partial charge in [-0.1, -0.05) is 18.2 Å². The number of hydrogen-bond donors (Lipinski definition) is 1. The number of nitrogens with zero attached hydrogens (tertiary/aromatic N) is 2. The van der Waals surface area contributed by atoms with E-state index in [1.54, 1.807) is 0 Å². The number of para-hydroxylation sites is 1. The summed E-state index contributed by atoms with van der Waals surface area (Å²) in [7, 11) is 0. The molecule has 1 atom stereocenters. The van der Waals surface area contributed by atoms with E-state index >= 15 is 0 Å². The fraction of sp³-hybridized carbons (Fsp3) is 0.316. The third-order valence-corrected chi connectivity index (χ3v) is 4.79. The van der Waals surface area contributed by atoms with Crippen LogP contribution in [0.15, 0.2) is 41.0 Å². The van der Waals surface area contributed by atoms with Crippen LogP contribution in [0.5, 0.6) is 5.75 Å². The Labute approximate surface area is 150 Å². The minimum Gasteiger partial charge on any atom is -0.491 e. The topological polar surface area (TPSA) is 46.8 Å². The van der Waals surface area contributed by atoms with Crippen molar-refractivity contribution >= 4 is 21.6 Å². The van der Waals surface area contributed by atoms with Crippen molar-refractivity contribution in [2.24, 2.45) is 0 Å². The van der Waals surface area contributed by atoms with Gasteiger partial charge < -0.3 is 9.84 Å². The van der Waals surface area contributed by atoms with E-state index in [2.05, 4.69) is 20.9 Å². The van der Waals surface area contributed by atoms with E-state index in [4.69, 9.17) is 4.74 Å². The average molecular weight is 389 g/mol. The molecule has 3 rings (SSSR count). The summed E-state index contributed by atoms with van der Waals surface area (Å²) in [6.07, 6.45) is 1.18. The molecule has 126 valence electrons. The number of benzene rings is 1. The van der Waals surface area contributed by atoms with Crippen molar-refractivity contribution < 1.29 is 9.84 Å². The van der Waals surface area contributed by atoms with Crippen LogP contribution in [0.3, 0.4) is 0 Å². The van der Waals surface area contributed by atoms with Crippen LogP contribution in [0.4, 0.5) is 0 Å². The van der Waals surface area contributed by atoms with E-state index in [9.17, 15) is 5.11 Å². The lowest BCUT2D eigenvalue weighted by molar-refractivity contribution is 0.193. The average Bonchev–Trinajstić information content (AvgIpc) is 2.82. The zero-order chi connectivity index (χ0) is 17.4. The summed E-state index contributed by atoms with van der Waals surface area (Å²) in [6, 6.07) is 9.60. The Hall–Kier alpha value is -1.85. The standard InChI is InChI=1S/C19H21BrN2O2/c1-11(2)24-16-8-6-5-7-14(16)19(23)18-13(4)21-17-9-12(3)15(20)10-22(17)18/h5-11,19,23H,1-4H3/t19-/m1/s1. The number of pyridine rings is 1. The molecule has 0 radical (unpaired) electrons. The maximum atomic E-state index is 11.1. The molecule has 0 bridgehead atoms. The summed E-state index contributed by atoms with van der Waals surface area (Å²) in [5.74, 6) is 0.695. The molecule has 1 N–H and O–H groups in total. The summed E-state index contributed by atoms with van der Waals surface area (Å²) in [6.45, 7) is 7.89. The highest BCUT2D eigenvalue weighted by Crippen LogP contribution is 2.33. The number of aliphatic hydroxyl groups excluding tert-OH is 1. The fourth-order valence-corrected chi connectivity index (χ4v) is 3.16. The summed E-state index contributed by atoms with van der Waals surface area (Å²) in [5, 5.41) is 11.1. The zero-order valence-electron chi connectivity index (χ0n) is 14.2. The minimum absolute atomic E-state index is 0.0402. The normalized spacial score (nSPS) is 12.8. The second-order valence-corrected chi connectivity index (χ2v) is 7.08. The number of fused-ring (bicyclic) bond motifs is 1. The first-order chi connectivity index (χ1) is 11.4. The molecular weight excluding hydrogens is 368 g/mol. The van der Waals surface area contributed by atoms with E-state index in [1.165, 1.54) is 0 Å². The predicted octanol–water partition coefficient (Wildman–Crippen LogP) is 4.58. The van der Waals surface area contributed by atoms with E-state index in [0.717, 1.165) is 32.6 Å². The Bertz CT molecular complexity index is 886. The molecule has 0 saturated heterocycles.